The Morgan fingerprint density at radius 3 is 1.65 bits per heavy atom. The van der Waals surface area contributed by atoms with E-state index < -0.39 is 0 Å². The van der Waals surface area contributed by atoms with Gasteiger partial charge in [0.25, 0.3) is 0 Å². The van der Waals surface area contributed by atoms with E-state index in [-0.39, 0.29) is 0 Å². The number of allylic oxidation sites excluding steroid dienone is 2. The van der Waals surface area contributed by atoms with E-state index in [4.69, 9.17) is 0 Å². The molecule has 2 heteroatoms. The smallest absolute Gasteiger partial charge is 0.0798 e. The van der Waals surface area contributed by atoms with Crippen LogP contribution >= 0.6 is 0 Å². The Bertz CT molecular complexity index is 1180. The average molecular weight is 581 g/mol. The van der Waals surface area contributed by atoms with E-state index in [1.54, 1.807) is 7.05 Å². The van der Waals surface area contributed by atoms with Crippen LogP contribution in [0.25, 0.3) is 0 Å². The van der Waals surface area contributed by atoms with Crippen LogP contribution in [0.3, 0.4) is 0 Å². The number of rotatable bonds is 7. The molecule has 1 N–H and O–H groups in total. The van der Waals surface area contributed by atoms with Gasteiger partial charge >= 0.3 is 0 Å². The number of anilines is 1. The number of nitrogens with one attached hydrogen (secondary N) is 1. The lowest BCUT2D eigenvalue weighted by atomic mass is 10.0. The minimum atomic E-state index is 0.822. The van der Waals surface area contributed by atoms with Gasteiger partial charge in [-0.1, -0.05) is 131 Å². The Balaban J connectivity index is 0.000000591. The number of aliphatic imine (C=N–C) groups is 1. The first-order chi connectivity index (χ1) is 20.7. The Kier molecular flexibility index (Phi) is 22.8. The number of hydrogen-bond donors (Lipinski definition) is 1. The maximum atomic E-state index is 4.24. The van der Waals surface area contributed by atoms with Crippen molar-refractivity contribution in [2.45, 2.75) is 99.8 Å². The van der Waals surface area contributed by atoms with Gasteiger partial charge in [-0.25, -0.2) is 0 Å². The highest BCUT2D eigenvalue weighted by atomic mass is 14.9. The van der Waals surface area contributed by atoms with Gasteiger partial charge in [-0.2, -0.15) is 0 Å². The highest BCUT2D eigenvalue weighted by molar-refractivity contribution is 6.10. The lowest BCUT2D eigenvalue weighted by molar-refractivity contribution is 0.886. The third-order valence-electron chi connectivity index (χ3n) is 7.02. The van der Waals surface area contributed by atoms with Crippen molar-refractivity contribution in [3.8, 4) is 0 Å². The summed E-state index contributed by atoms with van der Waals surface area (Å²) in [6, 6.07) is 25.5. The number of nitrogens with zero attached hydrogens (tertiary/aromatic N) is 1. The van der Waals surface area contributed by atoms with Crippen molar-refractivity contribution in [3.63, 3.8) is 0 Å². The van der Waals surface area contributed by atoms with Gasteiger partial charge in [0.2, 0.25) is 0 Å². The molecule has 1 saturated carbocycles. The van der Waals surface area contributed by atoms with Gasteiger partial charge < -0.3 is 5.32 Å². The fourth-order valence-electron chi connectivity index (χ4n) is 4.40. The van der Waals surface area contributed by atoms with E-state index >= 15 is 0 Å². The second kappa shape index (κ2) is 24.9. The summed E-state index contributed by atoms with van der Waals surface area (Å²) in [5.41, 5.74) is 10.9. The predicted octanol–water partition coefficient (Wildman–Crippen LogP) is 12.1. The second-order valence-electron chi connectivity index (χ2n) is 10.9. The van der Waals surface area contributed by atoms with Gasteiger partial charge in [0.15, 0.2) is 0 Å². The summed E-state index contributed by atoms with van der Waals surface area (Å²) in [5, 5.41) is 3.28. The molecular weight excluding hydrogens is 520 g/mol. The summed E-state index contributed by atoms with van der Waals surface area (Å²) in [6.07, 6.45) is 12.9. The van der Waals surface area contributed by atoms with Crippen LogP contribution in [0.15, 0.2) is 115 Å². The van der Waals surface area contributed by atoms with Crippen LogP contribution in [0.1, 0.15) is 94.5 Å². The Labute approximate surface area is 265 Å². The van der Waals surface area contributed by atoms with Crippen LogP contribution in [0.5, 0.6) is 0 Å². The van der Waals surface area contributed by atoms with Crippen LogP contribution < -0.4 is 5.32 Å². The summed E-state index contributed by atoms with van der Waals surface area (Å²) < 4.78 is 0. The zero-order valence-corrected chi connectivity index (χ0v) is 28.7. The lowest BCUT2D eigenvalue weighted by Gasteiger charge is -2.10. The number of hydrogen-bond acceptors (Lipinski definition) is 2. The minimum absolute atomic E-state index is 0.822. The Morgan fingerprint density at radius 1 is 0.744 bits per heavy atom. The maximum Gasteiger partial charge on any atom is 0.0798 e. The quantitative estimate of drug-likeness (QED) is 0.218. The zero-order chi connectivity index (χ0) is 32.5. The number of aryl methyl sites for hydroxylation is 5. The third-order valence-corrected chi connectivity index (χ3v) is 7.02. The molecule has 234 valence electrons. The maximum absolute atomic E-state index is 4.24. The second-order valence-corrected chi connectivity index (χ2v) is 10.9. The fourth-order valence-corrected chi connectivity index (χ4v) is 4.40. The molecule has 0 amide bonds. The van der Waals surface area contributed by atoms with Crippen molar-refractivity contribution >= 4 is 11.4 Å². The molecule has 2 nitrogen and oxygen atoms in total. The van der Waals surface area contributed by atoms with Crippen molar-refractivity contribution < 1.29 is 0 Å². The van der Waals surface area contributed by atoms with E-state index in [2.05, 4.69) is 145 Å². The molecule has 0 atom stereocenters. The molecule has 0 aliphatic heterocycles. The SMILES string of the molecule is C1CCCC1.C=C.C=C(Nc1ccc(CC)cc1)C(C=C(C)C)=NC.CCc1cc(C)ccc1C.CCc1ccccc1. The highest BCUT2D eigenvalue weighted by Gasteiger charge is 2.02. The van der Waals surface area contributed by atoms with Crippen LogP contribution in [-0.2, 0) is 19.3 Å². The molecule has 0 bridgehead atoms. The Morgan fingerprint density at radius 2 is 1.26 bits per heavy atom. The van der Waals surface area contributed by atoms with Gasteiger partial charge in [-0.05, 0) is 87.4 Å². The van der Waals surface area contributed by atoms with E-state index in [0.717, 1.165) is 36.4 Å². The van der Waals surface area contributed by atoms with E-state index in [0.29, 0.717) is 0 Å². The summed E-state index contributed by atoms with van der Waals surface area (Å²) in [7, 11) is 1.78. The third kappa shape index (κ3) is 18.5. The summed E-state index contributed by atoms with van der Waals surface area (Å²) in [5.74, 6) is 0. The van der Waals surface area contributed by atoms with E-state index in [1.807, 2.05) is 12.1 Å². The van der Waals surface area contributed by atoms with Gasteiger partial charge in [-0.15, -0.1) is 13.2 Å². The standard InChI is InChI=1S/C16H22N2.C10H14.C8H10.C5H10.C2H4/c1-6-14-7-9-15(10-8-14)18-13(4)16(17-5)11-12(2)3;1-4-10-7-8(2)5-6-9(10)3;1-2-8-6-4-3-5-7-8;1-2-4-5-3-1;1-2/h7-11,18H,4,6H2,1-3,5H3;5-7H,4H2,1-3H3;3-7H,2H2,1H3;1-5H2;1-2H2. The molecule has 0 unspecified atom stereocenters. The van der Waals surface area contributed by atoms with Crippen molar-refractivity contribution in [1.29, 1.82) is 0 Å². The van der Waals surface area contributed by atoms with Crippen molar-refractivity contribution in [2.24, 2.45) is 4.99 Å². The van der Waals surface area contributed by atoms with Crippen molar-refractivity contribution in [2.75, 3.05) is 12.4 Å². The van der Waals surface area contributed by atoms with Gasteiger partial charge in [0, 0.05) is 12.7 Å². The monoisotopic (exact) mass is 580 g/mol. The number of benzene rings is 3. The van der Waals surface area contributed by atoms with Crippen LogP contribution in [0.2, 0.25) is 0 Å². The first kappa shape index (κ1) is 39.4. The molecule has 0 saturated heterocycles. The minimum Gasteiger partial charge on any atom is -0.354 e. The topological polar surface area (TPSA) is 24.4 Å². The first-order valence-electron chi connectivity index (χ1n) is 16.0. The van der Waals surface area contributed by atoms with Crippen LogP contribution in [0, 0.1) is 13.8 Å². The lowest BCUT2D eigenvalue weighted by Crippen LogP contribution is -2.08. The largest absolute Gasteiger partial charge is 0.354 e. The zero-order valence-electron chi connectivity index (χ0n) is 28.7. The predicted molar refractivity (Wildman–Crippen MR) is 197 cm³/mol. The molecule has 3 aromatic carbocycles. The molecule has 0 radical (unpaired) electrons. The molecule has 3 aromatic rings. The van der Waals surface area contributed by atoms with Crippen LogP contribution in [0.4, 0.5) is 5.69 Å². The molecular formula is C41H60N2. The normalized spacial score (nSPS) is 11.5. The van der Waals surface area contributed by atoms with Crippen LogP contribution in [-0.4, -0.2) is 12.8 Å². The molecule has 0 heterocycles. The van der Waals surface area contributed by atoms with Crippen molar-refractivity contribution in [3.05, 3.63) is 138 Å². The van der Waals surface area contributed by atoms with Gasteiger partial charge in [0.05, 0.1) is 11.4 Å². The highest BCUT2D eigenvalue weighted by Crippen LogP contribution is 2.15. The molecule has 0 spiro atoms. The van der Waals surface area contributed by atoms with E-state index in [1.165, 1.54) is 65.5 Å². The Hall–Kier alpha value is -3.65. The average Bonchev–Trinajstić information content (AvgIpc) is 3.64. The van der Waals surface area contributed by atoms with Gasteiger partial charge in [-0.3, -0.25) is 4.99 Å². The molecule has 4 rings (SSSR count). The first-order valence-corrected chi connectivity index (χ1v) is 16.0. The molecule has 1 fully saturated rings. The van der Waals surface area contributed by atoms with Crippen molar-refractivity contribution in [1.82, 2.24) is 0 Å². The summed E-state index contributed by atoms with van der Waals surface area (Å²) in [4.78, 5) is 4.24. The summed E-state index contributed by atoms with van der Waals surface area (Å²) >= 11 is 0. The fraction of sp³-hybridized carbons (Fsp3) is 0.390. The molecule has 43 heavy (non-hydrogen) atoms. The summed E-state index contributed by atoms with van der Waals surface area (Å²) in [6.45, 7) is 24.9. The molecule has 1 aliphatic rings. The van der Waals surface area contributed by atoms with Gasteiger partial charge in [0.1, 0.15) is 0 Å². The molecule has 1 aliphatic carbocycles. The molecule has 0 aromatic heterocycles. The van der Waals surface area contributed by atoms with E-state index in [9.17, 15) is 0 Å².